The van der Waals surface area contributed by atoms with Crippen LogP contribution in [0.5, 0.6) is 0 Å². The van der Waals surface area contributed by atoms with E-state index in [1.807, 2.05) is 0 Å². The summed E-state index contributed by atoms with van der Waals surface area (Å²) in [6.07, 6.45) is -31.3. The van der Waals surface area contributed by atoms with Gasteiger partial charge in [-0.25, -0.2) is 9.59 Å². The standard InChI is InChI=1S/C33H50N2O23/c1-9(38)34-14-18(42)16(40)12(7-36)52-30(14)55-24-20(44)22(46)33(58-27(24)29(49)50)54-23-15(35-10(2)39)31(53-13(8-37)17(23)41)56-25-19(43)21(45)32(57-26(25)28(47)48)51-11-5-3-4-6-11/h3-4,11-27,30-33,36-37,40-46H,5-8H2,1-2H3,(H,34,38)(H,35,39)(H,47,48)(H,49,50)/t12-,13-,14-,15-,16-,17-,18-,19-,20-,21-,22-,23-,24+,25+,26+,27+,30+,31+,32-,33-/m1/s1. The van der Waals surface area contributed by atoms with E-state index in [2.05, 4.69) is 10.6 Å². The van der Waals surface area contributed by atoms with Crippen LogP contribution in [0.4, 0.5) is 0 Å². The number of carboxylic acids is 2. The summed E-state index contributed by atoms with van der Waals surface area (Å²) in [6, 6.07) is -3.38. The smallest absolute Gasteiger partial charge is 0.335 e. The first-order chi connectivity index (χ1) is 27.4. The molecule has 0 radical (unpaired) electrons. The van der Waals surface area contributed by atoms with E-state index in [9.17, 15) is 75.3 Å². The molecule has 58 heavy (non-hydrogen) atoms. The van der Waals surface area contributed by atoms with Crippen molar-refractivity contribution in [3.63, 3.8) is 0 Å². The van der Waals surface area contributed by atoms with Gasteiger partial charge in [-0.15, -0.1) is 0 Å². The molecule has 4 heterocycles. The van der Waals surface area contributed by atoms with Crippen molar-refractivity contribution in [2.45, 2.75) is 155 Å². The summed E-state index contributed by atoms with van der Waals surface area (Å²) in [5.41, 5.74) is 0. The maximum Gasteiger partial charge on any atom is 0.335 e. The minimum atomic E-state index is -2.28. The Morgan fingerprint density at radius 3 is 1.40 bits per heavy atom. The van der Waals surface area contributed by atoms with Crippen LogP contribution in [0, 0.1) is 0 Å². The zero-order valence-electron chi connectivity index (χ0n) is 30.9. The number of ether oxygens (including phenoxy) is 8. The van der Waals surface area contributed by atoms with Crippen molar-refractivity contribution in [2.24, 2.45) is 0 Å². The van der Waals surface area contributed by atoms with Crippen molar-refractivity contribution in [3.05, 3.63) is 12.2 Å². The minimum absolute atomic E-state index is 0.423. The van der Waals surface area contributed by atoms with E-state index < -0.39 is 166 Å². The zero-order valence-corrected chi connectivity index (χ0v) is 30.9. The average Bonchev–Trinajstić information content (AvgIpc) is 3.68. The van der Waals surface area contributed by atoms with Gasteiger partial charge in [0.1, 0.15) is 85.3 Å². The highest BCUT2D eigenvalue weighted by Crippen LogP contribution is 2.35. The van der Waals surface area contributed by atoms with Crippen molar-refractivity contribution in [2.75, 3.05) is 13.2 Å². The Morgan fingerprint density at radius 1 is 0.534 bits per heavy atom. The molecule has 330 valence electrons. The number of aliphatic hydroxyl groups excluding tert-OH is 9. The van der Waals surface area contributed by atoms with Gasteiger partial charge in [0.05, 0.1) is 19.3 Å². The molecule has 13 N–H and O–H groups in total. The second-order valence-electron chi connectivity index (χ2n) is 14.4. The predicted molar refractivity (Wildman–Crippen MR) is 179 cm³/mol. The van der Waals surface area contributed by atoms with Gasteiger partial charge >= 0.3 is 11.9 Å². The lowest BCUT2D eigenvalue weighted by Crippen LogP contribution is -2.70. The average molecular weight is 843 g/mol. The molecular formula is C33H50N2O23. The normalized spacial score (nSPS) is 44.7. The van der Waals surface area contributed by atoms with Crippen LogP contribution in [-0.4, -0.2) is 222 Å². The Balaban J connectivity index is 1.38. The molecule has 2 amide bonds. The van der Waals surface area contributed by atoms with Crippen LogP contribution in [0.3, 0.4) is 0 Å². The number of nitrogens with one attached hydrogen (secondary N) is 2. The molecule has 1 aliphatic carbocycles. The minimum Gasteiger partial charge on any atom is -0.479 e. The first kappa shape index (κ1) is 46.0. The third-order valence-corrected chi connectivity index (χ3v) is 10.2. The van der Waals surface area contributed by atoms with Gasteiger partial charge in [0.25, 0.3) is 0 Å². The summed E-state index contributed by atoms with van der Waals surface area (Å²) in [6.45, 7) is 0.158. The second kappa shape index (κ2) is 19.5. The number of carbonyl (C=O) groups excluding carboxylic acids is 2. The van der Waals surface area contributed by atoms with E-state index >= 15 is 0 Å². The molecule has 0 saturated carbocycles. The molecule has 0 bridgehead atoms. The number of hydrogen-bond donors (Lipinski definition) is 13. The third-order valence-electron chi connectivity index (χ3n) is 10.2. The monoisotopic (exact) mass is 842 g/mol. The van der Waals surface area contributed by atoms with Gasteiger partial charge in [0.15, 0.2) is 37.4 Å². The van der Waals surface area contributed by atoms with E-state index in [0.29, 0.717) is 12.8 Å². The van der Waals surface area contributed by atoms with E-state index in [1.54, 1.807) is 12.2 Å². The Bertz CT molecular complexity index is 1470. The lowest BCUT2D eigenvalue weighted by Gasteiger charge is -2.50. The van der Waals surface area contributed by atoms with Crippen LogP contribution in [0.25, 0.3) is 0 Å². The van der Waals surface area contributed by atoms with Gasteiger partial charge in [0.2, 0.25) is 11.8 Å². The highest BCUT2D eigenvalue weighted by molar-refractivity contribution is 5.74. The van der Waals surface area contributed by atoms with E-state index in [0.717, 1.165) is 13.8 Å². The highest BCUT2D eigenvalue weighted by atomic mass is 16.8. The number of aliphatic carboxylic acids is 2. The fraction of sp³-hybridized carbons (Fsp3) is 0.818. The second-order valence-corrected chi connectivity index (χ2v) is 14.4. The topological polar surface area (TPSA) is 389 Å². The first-order valence-corrected chi connectivity index (χ1v) is 18.2. The molecule has 5 rings (SSSR count). The summed E-state index contributed by atoms with van der Waals surface area (Å²) >= 11 is 0. The number of aliphatic hydroxyl groups is 9. The van der Waals surface area contributed by atoms with Crippen molar-refractivity contribution >= 4 is 23.8 Å². The van der Waals surface area contributed by atoms with Crippen LogP contribution in [0.2, 0.25) is 0 Å². The number of rotatable bonds is 14. The van der Waals surface area contributed by atoms with Crippen LogP contribution in [0.15, 0.2) is 12.2 Å². The summed E-state index contributed by atoms with van der Waals surface area (Å²) in [7, 11) is 0. The van der Waals surface area contributed by atoms with Gasteiger partial charge in [-0.3, -0.25) is 9.59 Å². The Kier molecular flexibility index (Phi) is 15.5. The van der Waals surface area contributed by atoms with E-state index in [-0.39, 0.29) is 0 Å². The molecule has 0 unspecified atom stereocenters. The highest BCUT2D eigenvalue weighted by Gasteiger charge is 2.58. The Labute approximate surface area is 328 Å². The largest absolute Gasteiger partial charge is 0.479 e. The summed E-state index contributed by atoms with van der Waals surface area (Å²) < 4.78 is 45.0. The van der Waals surface area contributed by atoms with Crippen LogP contribution in [-0.2, 0) is 57.1 Å². The lowest BCUT2D eigenvalue weighted by molar-refractivity contribution is -0.370. The molecule has 25 heteroatoms. The molecule has 4 saturated heterocycles. The van der Waals surface area contributed by atoms with Gasteiger partial charge in [-0.1, -0.05) is 12.2 Å². The van der Waals surface area contributed by atoms with Crippen LogP contribution in [0.1, 0.15) is 26.7 Å². The molecule has 4 aliphatic heterocycles. The molecular weight excluding hydrogens is 792 g/mol. The van der Waals surface area contributed by atoms with Crippen molar-refractivity contribution < 1.29 is 113 Å². The molecule has 20 atom stereocenters. The van der Waals surface area contributed by atoms with Crippen LogP contribution < -0.4 is 10.6 Å². The number of amides is 2. The van der Waals surface area contributed by atoms with Gasteiger partial charge in [-0.2, -0.15) is 0 Å². The van der Waals surface area contributed by atoms with Crippen molar-refractivity contribution in [1.29, 1.82) is 0 Å². The summed E-state index contributed by atoms with van der Waals surface area (Å²) in [4.78, 5) is 49.2. The molecule has 25 nitrogen and oxygen atoms in total. The third kappa shape index (κ3) is 9.93. The number of carbonyl (C=O) groups is 4. The van der Waals surface area contributed by atoms with Gasteiger partial charge in [0, 0.05) is 13.8 Å². The molecule has 4 fully saturated rings. The molecule has 0 aromatic rings. The van der Waals surface area contributed by atoms with E-state index in [1.165, 1.54) is 0 Å². The van der Waals surface area contributed by atoms with Crippen LogP contribution >= 0.6 is 0 Å². The quantitative estimate of drug-likeness (QED) is 0.0722. The fourth-order valence-electron chi connectivity index (χ4n) is 7.28. The SMILES string of the molecule is CC(=O)N[C@H]1[C@H](O[C@H]2[C@H](O)[C@@H](O)[C@H](O[C@H]3[C@H](O)[C@@H](CO)O[C@@H](O[C@H]4[C@H](O)[C@@H](O)[C@H](OC5CC=CC5)O[C@@H]4C(=O)O)[C@@H]3NC(C)=O)O[C@@H]2C(=O)O)O[C@H](CO)[C@@H](O)[C@@H]1O. The molecule has 0 aromatic heterocycles. The number of carboxylic acid groups (broad SMARTS) is 2. The fourth-order valence-corrected chi connectivity index (χ4v) is 7.28. The van der Waals surface area contributed by atoms with E-state index in [4.69, 9.17) is 37.9 Å². The first-order valence-electron chi connectivity index (χ1n) is 18.2. The lowest BCUT2D eigenvalue weighted by atomic mass is 9.94. The zero-order chi connectivity index (χ0) is 42.7. The van der Waals surface area contributed by atoms with Crippen molar-refractivity contribution in [3.8, 4) is 0 Å². The maximum absolute atomic E-state index is 12.5. The number of hydrogen-bond acceptors (Lipinski definition) is 21. The Morgan fingerprint density at radius 2 is 0.948 bits per heavy atom. The van der Waals surface area contributed by atoms with Gasteiger partial charge in [-0.05, 0) is 12.8 Å². The molecule has 0 spiro atoms. The maximum atomic E-state index is 12.5. The summed E-state index contributed by atoms with van der Waals surface area (Å²) in [5.74, 6) is -5.14. The van der Waals surface area contributed by atoms with Gasteiger partial charge < -0.3 is 105 Å². The molecule has 0 aromatic carbocycles. The predicted octanol–water partition coefficient (Wildman–Crippen LogP) is -7.53. The van der Waals surface area contributed by atoms with Crippen molar-refractivity contribution in [1.82, 2.24) is 10.6 Å². The molecule has 5 aliphatic rings. The summed E-state index contributed by atoms with van der Waals surface area (Å²) in [5, 5.41) is 121. The Hall–Kier alpha value is -3.06.